The average molecular weight is 323 g/mol. The van der Waals surface area contributed by atoms with Crippen molar-refractivity contribution < 1.29 is 23.0 Å². The van der Waals surface area contributed by atoms with Crippen LogP contribution < -0.4 is 14.8 Å². The number of para-hydroxylation sites is 1. The molecule has 6 heteroatoms. The predicted molar refractivity (Wildman–Crippen MR) is 84.1 cm³/mol. The minimum atomic E-state index is -2.89. The topological polar surface area (TPSA) is 39.7 Å². The van der Waals surface area contributed by atoms with Gasteiger partial charge in [-0.3, -0.25) is 0 Å². The first-order valence-electron chi connectivity index (χ1n) is 7.06. The van der Waals surface area contributed by atoms with Gasteiger partial charge in [-0.2, -0.15) is 8.78 Å². The first-order chi connectivity index (χ1) is 11.1. The van der Waals surface area contributed by atoms with Gasteiger partial charge in [0.25, 0.3) is 0 Å². The molecule has 2 aromatic rings. The number of methoxy groups -OCH3 is 2. The lowest BCUT2D eigenvalue weighted by Crippen LogP contribution is -2.06. The standard InChI is InChI=1S/C17H19F2NO3/c1-21-11-13-5-3-4-6-14(13)20-10-12-7-8-15(22-2)16(9-12)23-17(18)19/h3-9,17,20H,10-11H2,1-2H3. The molecule has 0 unspecified atom stereocenters. The lowest BCUT2D eigenvalue weighted by molar-refractivity contribution is -0.0512. The number of ether oxygens (including phenoxy) is 3. The number of alkyl halides is 2. The molecule has 2 aromatic carbocycles. The molecular formula is C17H19F2NO3. The number of hydrogen-bond donors (Lipinski definition) is 1. The zero-order valence-corrected chi connectivity index (χ0v) is 13.0. The van der Waals surface area contributed by atoms with E-state index in [0.29, 0.717) is 13.2 Å². The summed E-state index contributed by atoms with van der Waals surface area (Å²) in [5.74, 6) is 0.292. The fourth-order valence-corrected chi connectivity index (χ4v) is 2.19. The second-order valence-electron chi connectivity index (χ2n) is 4.81. The SMILES string of the molecule is COCc1ccccc1NCc1ccc(OC)c(OC(F)F)c1. The third-order valence-corrected chi connectivity index (χ3v) is 3.24. The Morgan fingerprint density at radius 1 is 1.04 bits per heavy atom. The van der Waals surface area contributed by atoms with E-state index in [1.807, 2.05) is 24.3 Å². The quantitative estimate of drug-likeness (QED) is 0.795. The molecule has 124 valence electrons. The Hall–Kier alpha value is -2.34. The first kappa shape index (κ1) is 17.0. The molecule has 0 saturated heterocycles. The third kappa shape index (κ3) is 4.82. The maximum absolute atomic E-state index is 12.4. The molecule has 0 fully saturated rings. The molecule has 2 rings (SSSR count). The van der Waals surface area contributed by atoms with E-state index >= 15 is 0 Å². The second kappa shape index (κ2) is 8.33. The molecule has 0 bridgehead atoms. The molecule has 0 aromatic heterocycles. The van der Waals surface area contributed by atoms with Gasteiger partial charge in [0.2, 0.25) is 0 Å². The number of hydrogen-bond acceptors (Lipinski definition) is 4. The van der Waals surface area contributed by atoms with Gasteiger partial charge in [0.05, 0.1) is 13.7 Å². The summed E-state index contributed by atoms with van der Waals surface area (Å²) >= 11 is 0. The Balaban J connectivity index is 2.11. The minimum absolute atomic E-state index is 0.0203. The molecule has 23 heavy (non-hydrogen) atoms. The van der Waals surface area contributed by atoms with Crippen molar-refractivity contribution in [3.63, 3.8) is 0 Å². The summed E-state index contributed by atoms with van der Waals surface area (Å²) in [5, 5.41) is 3.27. The van der Waals surface area contributed by atoms with E-state index in [2.05, 4.69) is 10.1 Å². The van der Waals surface area contributed by atoms with Crippen LogP contribution in [0.15, 0.2) is 42.5 Å². The summed E-state index contributed by atoms with van der Waals surface area (Å²) in [7, 11) is 3.04. The summed E-state index contributed by atoms with van der Waals surface area (Å²) in [6.45, 7) is -1.94. The summed E-state index contributed by atoms with van der Waals surface area (Å²) < 4.78 is 39.6. The van der Waals surface area contributed by atoms with Crippen molar-refractivity contribution in [2.45, 2.75) is 19.8 Å². The molecule has 0 saturated carbocycles. The third-order valence-electron chi connectivity index (χ3n) is 3.24. The maximum Gasteiger partial charge on any atom is 0.387 e. The van der Waals surface area contributed by atoms with Crippen LogP contribution in [0.4, 0.5) is 14.5 Å². The smallest absolute Gasteiger partial charge is 0.387 e. The van der Waals surface area contributed by atoms with Crippen molar-refractivity contribution in [3.8, 4) is 11.5 Å². The van der Waals surface area contributed by atoms with Gasteiger partial charge < -0.3 is 19.5 Å². The highest BCUT2D eigenvalue weighted by atomic mass is 19.3. The Labute approximate surface area is 134 Å². The van der Waals surface area contributed by atoms with Gasteiger partial charge in [0.1, 0.15) is 0 Å². The highest BCUT2D eigenvalue weighted by Gasteiger charge is 2.11. The number of benzene rings is 2. The Morgan fingerprint density at radius 3 is 2.52 bits per heavy atom. The maximum atomic E-state index is 12.4. The van der Waals surface area contributed by atoms with E-state index in [4.69, 9.17) is 9.47 Å². The molecule has 1 N–H and O–H groups in total. The van der Waals surface area contributed by atoms with E-state index in [-0.39, 0.29) is 11.5 Å². The lowest BCUT2D eigenvalue weighted by Gasteiger charge is -2.14. The number of halogens is 2. The van der Waals surface area contributed by atoms with E-state index < -0.39 is 6.61 Å². The van der Waals surface area contributed by atoms with E-state index in [1.54, 1.807) is 19.2 Å². The second-order valence-corrected chi connectivity index (χ2v) is 4.81. The molecule has 0 atom stereocenters. The van der Waals surface area contributed by atoms with Crippen LogP contribution in [0.1, 0.15) is 11.1 Å². The highest BCUT2D eigenvalue weighted by Crippen LogP contribution is 2.30. The van der Waals surface area contributed by atoms with E-state index in [0.717, 1.165) is 16.8 Å². The molecule has 0 aliphatic carbocycles. The van der Waals surface area contributed by atoms with Gasteiger partial charge in [0, 0.05) is 24.9 Å². The van der Waals surface area contributed by atoms with Crippen LogP contribution in [0.3, 0.4) is 0 Å². The highest BCUT2D eigenvalue weighted by molar-refractivity contribution is 5.52. The Kier molecular flexibility index (Phi) is 6.17. The molecule has 0 aliphatic rings. The average Bonchev–Trinajstić information content (AvgIpc) is 2.54. The summed E-state index contributed by atoms with van der Waals surface area (Å²) in [6, 6.07) is 12.7. The van der Waals surface area contributed by atoms with Crippen LogP contribution in [0.25, 0.3) is 0 Å². The zero-order chi connectivity index (χ0) is 16.7. The first-order valence-corrected chi connectivity index (χ1v) is 7.06. The normalized spacial score (nSPS) is 10.7. The van der Waals surface area contributed by atoms with Crippen molar-refractivity contribution in [1.82, 2.24) is 0 Å². The largest absolute Gasteiger partial charge is 0.493 e. The van der Waals surface area contributed by atoms with Gasteiger partial charge in [0.15, 0.2) is 11.5 Å². The number of anilines is 1. The van der Waals surface area contributed by atoms with Crippen molar-refractivity contribution >= 4 is 5.69 Å². The Bertz CT molecular complexity index is 635. The van der Waals surface area contributed by atoms with Crippen molar-refractivity contribution in [2.75, 3.05) is 19.5 Å². The van der Waals surface area contributed by atoms with Crippen LogP contribution >= 0.6 is 0 Å². The monoisotopic (exact) mass is 323 g/mol. The molecule has 0 aliphatic heterocycles. The number of nitrogens with one attached hydrogen (secondary N) is 1. The minimum Gasteiger partial charge on any atom is -0.493 e. The molecule has 0 spiro atoms. The van der Waals surface area contributed by atoms with Crippen molar-refractivity contribution in [1.29, 1.82) is 0 Å². The number of rotatable bonds is 8. The van der Waals surface area contributed by atoms with Crippen LogP contribution in [-0.4, -0.2) is 20.8 Å². The van der Waals surface area contributed by atoms with E-state index in [9.17, 15) is 8.78 Å². The van der Waals surface area contributed by atoms with Gasteiger partial charge in [-0.15, -0.1) is 0 Å². The van der Waals surface area contributed by atoms with E-state index in [1.165, 1.54) is 13.2 Å². The van der Waals surface area contributed by atoms with Crippen LogP contribution in [0.2, 0.25) is 0 Å². The molecule has 0 amide bonds. The van der Waals surface area contributed by atoms with Gasteiger partial charge in [-0.05, 0) is 23.8 Å². The Morgan fingerprint density at radius 2 is 1.83 bits per heavy atom. The van der Waals surface area contributed by atoms with Crippen LogP contribution in [-0.2, 0) is 17.9 Å². The molecule has 0 radical (unpaired) electrons. The van der Waals surface area contributed by atoms with Gasteiger partial charge in [-0.1, -0.05) is 24.3 Å². The summed E-state index contributed by atoms with van der Waals surface area (Å²) in [5.41, 5.74) is 2.75. The van der Waals surface area contributed by atoms with Crippen molar-refractivity contribution in [2.24, 2.45) is 0 Å². The molecular weight excluding hydrogens is 304 g/mol. The summed E-state index contributed by atoms with van der Waals surface area (Å²) in [4.78, 5) is 0. The van der Waals surface area contributed by atoms with Gasteiger partial charge in [-0.25, -0.2) is 0 Å². The van der Waals surface area contributed by atoms with Crippen molar-refractivity contribution in [3.05, 3.63) is 53.6 Å². The van der Waals surface area contributed by atoms with Gasteiger partial charge >= 0.3 is 6.61 Å². The fraction of sp³-hybridized carbons (Fsp3) is 0.294. The predicted octanol–water partition coefficient (Wildman–Crippen LogP) is 4.06. The van der Waals surface area contributed by atoms with Crippen LogP contribution in [0, 0.1) is 0 Å². The zero-order valence-electron chi connectivity index (χ0n) is 13.0. The van der Waals surface area contributed by atoms with Crippen LogP contribution in [0.5, 0.6) is 11.5 Å². The fourth-order valence-electron chi connectivity index (χ4n) is 2.19. The lowest BCUT2D eigenvalue weighted by atomic mass is 10.1. The molecule has 0 heterocycles. The summed E-state index contributed by atoms with van der Waals surface area (Å²) in [6.07, 6.45) is 0. The molecule has 4 nitrogen and oxygen atoms in total.